The maximum absolute atomic E-state index is 11.2. The van der Waals surface area contributed by atoms with Crippen LogP contribution in [0.5, 0.6) is 23.0 Å². The van der Waals surface area contributed by atoms with Crippen molar-refractivity contribution in [3.8, 4) is 23.0 Å². The normalized spacial score (nSPS) is 17.7. The predicted octanol–water partition coefficient (Wildman–Crippen LogP) is 5.00. The quantitative estimate of drug-likeness (QED) is 0.610. The van der Waals surface area contributed by atoms with Gasteiger partial charge in [0.2, 0.25) is 0 Å². The van der Waals surface area contributed by atoms with Gasteiger partial charge in [0.25, 0.3) is 0 Å². The van der Waals surface area contributed by atoms with E-state index in [0.29, 0.717) is 49.4 Å². The third kappa shape index (κ3) is 8.83. The van der Waals surface area contributed by atoms with E-state index in [1.54, 1.807) is 0 Å². The minimum Gasteiger partial charge on any atom is -0.487 e. The minimum atomic E-state index is -1.07. The number of fused-ring (bicyclic) bond motifs is 2. The molecule has 1 unspecified atom stereocenters. The lowest BCUT2D eigenvalue weighted by Gasteiger charge is -2.24. The van der Waals surface area contributed by atoms with Gasteiger partial charge in [0.1, 0.15) is 39.1 Å². The molecule has 0 spiro atoms. The zero-order valence-corrected chi connectivity index (χ0v) is 22.8. The third-order valence-electron chi connectivity index (χ3n) is 5.88. The van der Waals surface area contributed by atoms with E-state index >= 15 is 0 Å². The Morgan fingerprint density at radius 2 is 1.22 bits per heavy atom. The van der Waals surface area contributed by atoms with Gasteiger partial charge in [-0.2, -0.15) is 0 Å². The van der Waals surface area contributed by atoms with E-state index < -0.39 is 18.7 Å². The Hall–Kier alpha value is -2.97. The summed E-state index contributed by atoms with van der Waals surface area (Å²) in [5.74, 6) is 1.21. The highest BCUT2D eigenvalue weighted by molar-refractivity contribution is 5.68. The van der Waals surface area contributed by atoms with Crippen LogP contribution in [0, 0.1) is 0 Å². The molecule has 1 N–H and O–H groups in total. The van der Waals surface area contributed by atoms with Crippen LogP contribution in [0.3, 0.4) is 0 Å². The van der Waals surface area contributed by atoms with Gasteiger partial charge in [-0.25, -0.2) is 4.79 Å². The van der Waals surface area contributed by atoms with Gasteiger partial charge in [0.05, 0.1) is 13.2 Å². The van der Waals surface area contributed by atoms with Gasteiger partial charge in [-0.3, -0.25) is 0 Å². The van der Waals surface area contributed by atoms with Crippen molar-refractivity contribution in [3.63, 3.8) is 0 Å². The number of carboxylic acid groups (broad SMARTS) is 1. The second-order valence-electron chi connectivity index (χ2n) is 11.1. The zero-order valence-electron chi connectivity index (χ0n) is 22.8. The topological polar surface area (TPSA) is 92.7 Å². The fourth-order valence-corrected chi connectivity index (χ4v) is 3.64. The van der Waals surface area contributed by atoms with Crippen LogP contribution < -0.4 is 18.9 Å². The molecule has 0 amide bonds. The van der Waals surface area contributed by atoms with Gasteiger partial charge in [-0.05, 0) is 46.2 Å². The molecule has 3 rings (SSSR count). The summed E-state index contributed by atoms with van der Waals surface area (Å²) in [6.07, 6.45) is -0.645. The molecule has 0 bridgehead atoms. The van der Waals surface area contributed by atoms with Crippen molar-refractivity contribution >= 4 is 5.97 Å². The Morgan fingerprint density at radius 1 is 0.757 bits per heavy atom. The average molecular weight is 517 g/mol. The summed E-state index contributed by atoms with van der Waals surface area (Å²) in [4.78, 5) is 11.2. The molecular weight excluding hydrogens is 476 g/mol. The molecule has 0 fully saturated rings. The molecule has 8 nitrogen and oxygen atoms in total. The summed E-state index contributed by atoms with van der Waals surface area (Å²) in [7, 11) is 0. The maximum Gasteiger partial charge on any atom is 0.329 e. The molecule has 8 heteroatoms. The van der Waals surface area contributed by atoms with E-state index in [-0.39, 0.29) is 24.0 Å². The van der Waals surface area contributed by atoms with Crippen LogP contribution in [0.15, 0.2) is 36.4 Å². The first-order chi connectivity index (χ1) is 17.4. The van der Waals surface area contributed by atoms with Crippen molar-refractivity contribution in [2.45, 2.75) is 58.5 Å². The average Bonchev–Trinajstić information content (AvgIpc) is 2.81. The van der Waals surface area contributed by atoms with Crippen molar-refractivity contribution in [2.24, 2.45) is 0 Å². The fourth-order valence-electron chi connectivity index (χ4n) is 3.64. The van der Waals surface area contributed by atoms with Gasteiger partial charge in [0, 0.05) is 0 Å². The molecule has 1 aliphatic rings. The molecule has 37 heavy (non-hydrogen) atoms. The van der Waals surface area contributed by atoms with Crippen LogP contribution in [0.25, 0.3) is 0 Å². The molecule has 1 atom stereocenters. The van der Waals surface area contributed by atoms with Gasteiger partial charge >= 0.3 is 5.97 Å². The fraction of sp³-hybridized carbons (Fsp3) is 0.552. The Labute approximate surface area is 219 Å². The molecule has 2 aromatic rings. The Morgan fingerprint density at radius 3 is 1.73 bits per heavy atom. The first-order valence-electron chi connectivity index (χ1n) is 12.6. The molecule has 0 aromatic heterocycles. The summed E-state index contributed by atoms with van der Waals surface area (Å²) < 4.78 is 35.4. The Kier molecular flexibility index (Phi) is 9.68. The maximum atomic E-state index is 11.2. The van der Waals surface area contributed by atoms with Crippen LogP contribution >= 0.6 is 0 Å². The van der Waals surface area contributed by atoms with Crippen molar-refractivity contribution in [1.29, 1.82) is 0 Å². The van der Waals surface area contributed by atoms with E-state index in [1.807, 2.05) is 36.4 Å². The van der Waals surface area contributed by atoms with Crippen molar-refractivity contribution < 1.29 is 38.3 Å². The molecule has 1 aliphatic heterocycles. The molecule has 0 radical (unpaired) electrons. The molecule has 0 saturated heterocycles. The van der Waals surface area contributed by atoms with E-state index in [9.17, 15) is 4.79 Å². The van der Waals surface area contributed by atoms with Crippen LogP contribution in [0.1, 0.15) is 52.7 Å². The van der Waals surface area contributed by atoms with Crippen molar-refractivity contribution in [1.82, 2.24) is 0 Å². The summed E-state index contributed by atoms with van der Waals surface area (Å²) >= 11 is 0. The number of carboxylic acids is 1. The van der Waals surface area contributed by atoms with Gasteiger partial charge in [-0.15, -0.1) is 0 Å². The summed E-state index contributed by atoms with van der Waals surface area (Å²) in [6, 6.07) is 11.7. The van der Waals surface area contributed by atoms with Crippen molar-refractivity contribution in [2.75, 3.05) is 46.2 Å². The third-order valence-corrected chi connectivity index (χ3v) is 5.88. The lowest BCUT2D eigenvalue weighted by Crippen LogP contribution is -2.31. The first kappa shape index (κ1) is 28.6. The Bertz CT molecular complexity index is 1040. The minimum absolute atomic E-state index is 0.0677. The van der Waals surface area contributed by atoms with Crippen LogP contribution in [-0.2, 0) is 25.1 Å². The largest absolute Gasteiger partial charge is 0.487 e. The highest BCUT2D eigenvalue weighted by Gasteiger charge is 2.21. The van der Waals surface area contributed by atoms with Crippen LogP contribution in [-0.4, -0.2) is 63.4 Å². The number of aliphatic carboxylic acids is 1. The SMILES string of the molecule is CC(C)(C)c1ccc2c(c1)OCCOCCOc1ccc(C(C)(C)C)cc1OCC(OCC(=O)O)CO2. The standard InChI is InChI=1S/C29H40O8/c1-28(2,3)20-8-10-24-25(15-20)34-14-12-32-11-13-33-23-9-7-21(29(4,5)6)16-26(23)37-18-22(17-36-24)35-19-27(30)31/h7-10,15-16,22H,11-14,17-19H2,1-6H3,(H,30,31). The van der Waals surface area contributed by atoms with Crippen LogP contribution in [0.4, 0.5) is 0 Å². The van der Waals surface area contributed by atoms with Gasteiger partial charge in [0.15, 0.2) is 23.0 Å². The second kappa shape index (κ2) is 12.5. The predicted molar refractivity (Wildman–Crippen MR) is 140 cm³/mol. The molecule has 0 saturated carbocycles. The summed E-state index contributed by atoms with van der Waals surface area (Å²) in [5.41, 5.74) is 2.03. The van der Waals surface area contributed by atoms with Gasteiger partial charge < -0.3 is 33.5 Å². The lowest BCUT2D eigenvalue weighted by atomic mass is 9.87. The number of benzene rings is 2. The Balaban J connectivity index is 1.87. The number of rotatable bonds is 3. The van der Waals surface area contributed by atoms with E-state index in [1.165, 1.54) is 0 Å². The number of hydrogen-bond donors (Lipinski definition) is 1. The van der Waals surface area contributed by atoms with E-state index in [2.05, 4.69) is 41.5 Å². The number of hydrogen-bond acceptors (Lipinski definition) is 7. The monoisotopic (exact) mass is 516 g/mol. The highest BCUT2D eigenvalue weighted by atomic mass is 16.6. The van der Waals surface area contributed by atoms with E-state index in [4.69, 9.17) is 33.5 Å². The summed E-state index contributed by atoms with van der Waals surface area (Å²) in [5, 5.41) is 9.17. The molecule has 2 aromatic carbocycles. The van der Waals surface area contributed by atoms with Crippen molar-refractivity contribution in [3.05, 3.63) is 47.5 Å². The molecular formula is C29H40O8. The smallest absolute Gasteiger partial charge is 0.329 e. The first-order valence-corrected chi connectivity index (χ1v) is 12.6. The zero-order chi connectivity index (χ0) is 27.1. The lowest BCUT2D eigenvalue weighted by molar-refractivity contribution is -0.145. The van der Waals surface area contributed by atoms with Gasteiger partial charge in [-0.1, -0.05) is 53.7 Å². The number of carbonyl (C=O) groups is 1. The number of ether oxygens (including phenoxy) is 6. The summed E-state index contributed by atoms with van der Waals surface area (Å²) in [6.45, 7) is 13.9. The van der Waals surface area contributed by atoms with E-state index in [0.717, 1.165) is 11.1 Å². The van der Waals surface area contributed by atoms with Crippen LogP contribution in [0.2, 0.25) is 0 Å². The highest BCUT2D eigenvalue weighted by Crippen LogP contribution is 2.35. The molecule has 0 aliphatic carbocycles. The second-order valence-corrected chi connectivity index (χ2v) is 11.1. The molecule has 1 heterocycles. The molecule has 204 valence electrons.